The summed E-state index contributed by atoms with van der Waals surface area (Å²) in [5.74, 6) is -0.388. The Morgan fingerprint density at radius 2 is 1.64 bits per heavy atom. The topological polar surface area (TPSA) is 93.7 Å². The maximum absolute atomic E-state index is 12.6. The van der Waals surface area contributed by atoms with Crippen LogP contribution in [0.1, 0.15) is 10.8 Å². The fraction of sp³-hybridized carbons (Fsp3) is 0.125. The molecule has 8 nitrogen and oxygen atoms in total. The van der Waals surface area contributed by atoms with Crippen molar-refractivity contribution in [2.75, 3.05) is 4.90 Å². The van der Waals surface area contributed by atoms with Gasteiger partial charge in [-0.15, -0.1) is 11.3 Å². The first-order valence-corrected chi connectivity index (χ1v) is 8.62. The number of anilines is 2. The summed E-state index contributed by atoms with van der Waals surface area (Å²) in [4.78, 5) is 23.2. The molecule has 0 saturated carbocycles. The summed E-state index contributed by atoms with van der Waals surface area (Å²) in [6.45, 7) is 0.353. The van der Waals surface area contributed by atoms with Gasteiger partial charge in [-0.25, -0.2) is 9.97 Å². The predicted octanol–water partition coefficient (Wildman–Crippen LogP) is 3.74. The van der Waals surface area contributed by atoms with Gasteiger partial charge in [0.25, 0.3) is 0 Å². The highest BCUT2D eigenvalue weighted by atomic mass is 32.1. The van der Waals surface area contributed by atoms with E-state index in [0.717, 1.165) is 4.88 Å². The standard InChI is InChI=1S/C16H10F3N7OS/c17-16(18,19)15-24-14(25-27-15)11-2-1-10(28-11)9-26(12-7-20-3-5-22-12)13-8-21-4-6-23-13/h1-8H,9H2. The molecule has 0 aliphatic carbocycles. The second-order valence-electron chi connectivity index (χ2n) is 5.40. The van der Waals surface area contributed by atoms with Crippen LogP contribution < -0.4 is 4.90 Å². The zero-order valence-electron chi connectivity index (χ0n) is 13.9. The normalized spacial score (nSPS) is 11.5. The summed E-state index contributed by atoms with van der Waals surface area (Å²) >= 11 is 1.24. The van der Waals surface area contributed by atoms with Crippen LogP contribution >= 0.6 is 11.3 Å². The summed E-state index contributed by atoms with van der Waals surface area (Å²) < 4.78 is 42.2. The van der Waals surface area contributed by atoms with Gasteiger partial charge < -0.3 is 9.42 Å². The molecule has 0 bridgehead atoms. The van der Waals surface area contributed by atoms with E-state index in [9.17, 15) is 13.2 Å². The van der Waals surface area contributed by atoms with Gasteiger partial charge >= 0.3 is 12.1 Å². The van der Waals surface area contributed by atoms with E-state index in [1.165, 1.54) is 11.3 Å². The Hall–Kier alpha value is -3.41. The van der Waals surface area contributed by atoms with Gasteiger partial charge in [0.1, 0.15) is 0 Å². The lowest BCUT2D eigenvalue weighted by Gasteiger charge is -2.21. The zero-order valence-corrected chi connectivity index (χ0v) is 14.7. The molecule has 0 aliphatic heterocycles. The van der Waals surface area contributed by atoms with Crippen LogP contribution in [0.4, 0.5) is 24.8 Å². The molecule has 0 amide bonds. The molecule has 0 aromatic carbocycles. The molecule has 4 heterocycles. The lowest BCUT2D eigenvalue weighted by atomic mass is 10.3. The molecule has 4 aromatic heterocycles. The minimum atomic E-state index is -4.68. The van der Waals surface area contributed by atoms with E-state index in [-0.39, 0.29) is 5.82 Å². The number of rotatable bonds is 5. The molecule has 28 heavy (non-hydrogen) atoms. The Morgan fingerprint density at radius 3 is 2.18 bits per heavy atom. The summed E-state index contributed by atoms with van der Waals surface area (Å²) in [6.07, 6.45) is 4.69. The van der Waals surface area contributed by atoms with Gasteiger partial charge in [0, 0.05) is 29.7 Å². The summed E-state index contributed by atoms with van der Waals surface area (Å²) in [6, 6.07) is 3.40. The van der Waals surface area contributed by atoms with Gasteiger partial charge in [0.15, 0.2) is 11.6 Å². The average molecular weight is 405 g/mol. The maximum atomic E-state index is 12.6. The van der Waals surface area contributed by atoms with Crippen LogP contribution in [-0.4, -0.2) is 30.1 Å². The van der Waals surface area contributed by atoms with Crippen LogP contribution in [0.2, 0.25) is 0 Å². The van der Waals surface area contributed by atoms with Crippen molar-refractivity contribution in [1.29, 1.82) is 0 Å². The summed E-state index contributed by atoms with van der Waals surface area (Å²) in [7, 11) is 0. The molecule has 142 valence electrons. The molecule has 0 N–H and O–H groups in total. The van der Waals surface area contributed by atoms with Crippen molar-refractivity contribution in [3.05, 3.63) is 60.1 Å². The molecule has 12 heteroatoms. The van der Waals surface area contributed by atoms with Crippen molar-refractivity contribution in [2.45, 2.75) is 12.7 Å². The molecule has 4 aromatic rings. The highest BCUT2D eigenvalue weighted by Crippen LogP contribution is 2.33. The fourth-order valence-corrected chi connectivity index (χ4v) is 3.24. The molecular weight excluding hydrogens is 395 g/mol. The second kappa shape index (κ2) is 7.31. The number of aromatic nitrogens is 6. The highest BCUT2D eigenvalue weighted by molar-refractivity contribution is 7.15. The first-order valence-electron chi connectivity index (χ1n) is 7.80. The first-order chi connectivity index (χ1) is 13.5. The smallest absolute Gasteiger partial charge is 0.329 e. The predicted molar refractivity (Wildman–Crippen MR) is 92.5 cm³/mol. The van der Waals surface area contributed by atoms with Crippen molar-refractivity contribution < 1.29 is 17.7 Å². The number of halogens is 3. The van der Waals surface area contributed by atoms with Gasteiger partial charge in [0.05, 0.1) is 23.8 Å². The van der Waals surface area contributed by atoms with E-state index in [1.54, 1.807) is 54.2 Å². The van der Waals surface area contributed by atoms with E-state index in [2.05, 4.69) is 34.6 Å². The van der Waals surface area contributed by atoms with E-state index >= 15 is 0 Å². The minimum Gasteiger partial charge on any atom is -0.329 e. The van der Waals surface area contributed by atoms with E-state index < -0.39 is 12.1 Å². The van der Waals surface area contributed by atoms with Crippen LogP contribution in [0.5, 0.6) is 0 Å². The van der Waals surface area contributed by atoms with Crippen LogP contribution in [0.15, 0.2) is 53.8 Å². The molecule has 0 aliphatic rings. The fourth-order valence-electron chi connectivity index (χ4n) is 2.32. The van der Waals surface area contributed by atoms with Crippen molar-refractivity contribution in [1.82, 2.24) is 30.1 Å². The largest absolute Gasteiger partial charge is 0.471 e. The zero-order chi connectivity index (χ0) is 19.6. The molecular formula is C16H10F3N7OS. The first kappa shape index (κ1) is 18.0. The SMILES string of the molecule is FC(F)(F)c1nc(-c2ccc(CN(c3cnccn3)c3cnccn3)s2)no1. The second-order valence-corrected chi connectivity index (χ2v) is 6.57. The highest BCUT2D eigenvalue weighted by Gasteiger charge is 2.38. The molecule has 0 atom stereocenters. The number of alkyl halides is 3. The van der Waals surface area contributed by atoms with Crippen LogP contribution in [0.3, 0.4) is 0 Å². The van der Waals surface area contributed by atoms with Gasteiger partial charge in [-0.1, -0.05) is 5.16 Å². The Bertz CT molecular complexity index is 1010. The number of thiophene rings is 1. The van der Waals surface area contributed by atoms with Gasteiger partial charge in [-0.05, 0) is 12.1 Å². The Kier molecular flexibility index (Phi) is 4.69. The number of hydrogen-bond acceptors (Lipinski definition) is 9. The molecule has 0 spiro atoms. The third-order valence-electron chi connectivity index (χ3n) is 3.52. The van der Waals surface area contributed by atoms with Crippen LogP contribution in [0, 0.1) is 0 Å². The van der Waals surface area contributed by atoms with Gasteiger partial charge in [0.2, 0.25) is 5.82 Å². The Morgan fingerprint density at radius 1 is 0.964 bits per heavy atom. The lowest BCUT2D eigenvalue weighted by Crippen LogP contribution is -2.18. The van der Waals surface area contributed by atoms with Crippen molar-refractivity contribution in [3.8, 4) is 10.7 Å². The van der Waals surface area contributed by atoms with Crippen molar-refractivity contribution in [2.24, 2.45) is 0 Å². The van der Waals surface area contributed by atoms with Crippen molar-refractivity contribution in [3.63, 3.8) is 0 Å². The van der Waals surface area contributed by atoms with E-state index in [0.29, 0.717) is 23.1 Å². The molecule has 4 rings (SSSR count). The van der Waals surface area contributed by atoms with E-state index in [4.69, 9.17) is 0 Å². The number of hydrogen-bond donors (Lipinski definition) is 0. The average Bonchev–Trinajstić information content (AvgIpc) is 3.37. The lowest BCUT2D eigenvalue weighted by molar-refractivity contribution is -0.159. The third kappa shape index (κ3) is 3.81. The summed E-state index contributed by atoms with van der Waals surface area (Å²) in [5, 5.41) is 3.41. The number of nitrogens with zero attached hydrogens (tertiary/aromatic N) is 7. The van der Waals surface area contributed by atoms with Gasteiger partial charge in [-0.3, -0.25) is 9.97 Å². The maximum Gasteiger partial charge on any atom is 0.471 e. The van der Waals surface area contributed by atoms with Crippen molar-refractivity contribution >= 4 is 23.0 Å². The summed E-state index contributed by atoms with van der Waals surface area (Å²) in [5.41, 5.74) is 0. The van der Waals surface area contributed by atoms with Gasteiger partial charge in [-0.2, -0.15) is 18.2 Å². The molecule has 0 fully saturated rings. The monoisotopic (exact) mass is 405 g/mol. The third-order valence-corrected chi connectivity index (χ3v) is 4.58. The van der Waals surface area contributed by atoms with Crippen LogP contribution in [0.25, 0.3) is 10.7 Å². The Balaban J connectivity index is 1.61. The molecule has 0 unspecified atom stereocenters. The molecule has 0 saturated heterocycles. The van der Waals surface area contributed by atoms with Crippen LogP contribution in [-0.2, 0) is 12.7 Å². The van der Waals surface area contributed by atoms with E-state index in [1.807, 2.05) is 0 Å². The minimum absolute atomic E-state index is 0.117. The molecule has 0 radical (unpaired) electrons. The quantitative estimate of drug-likeness (QED) is 0.496. The Labute approximate surface area is 159 Å².